The average molecular weight is 389 g/mol. The maximum Gasteiger partial charge on any atom is 0.270 e. The van der Waals surface area contributed by atoms with E-state index in [9.17, 15) is 9.90 Å². The predicted octanol–water partition coefficient (Wildman–Crippen LogP) is 0.271. The third kappa shape index (κ3) is 4.67. The number of nitrogens with one attached hydrogen (secondary N) is 1. The van der Waals surface area contributed by atoms with Gasteiger partial charge >= 0.3 is 0 Å². The van der Waals surface area contributed by atoms with Gasteiger partial charge in [0.25, 0.3) is 5.91 Å². The van der Waals surface area contributed by atoms with Gasteiger partial charge in [0.2, 0.25) is 0 Å². The third-order valence-electron chi connectivity index (χ3n) is 4.88. The summed E-state index contributed by atoms with van der Waals surface area (Å²) in [6.07, 6.45) is 2.54. The molecular formula is C18H23N5O3S. The van der Waals surface area contributed by atoms with Crippen LogP contribution in [-0.4, -0.2) is 69.8 Å². The molecule has 0 unspecified atom stereocenters. The van der Waals surface area contributed by atoms with Gasteiger partial charge in [-0.15, -0.1) is 11.3 Å². The lowest BCUT2D eigenvalue weighted by Crippen LogP contribution is -2.42. The Balaban J connectivity index is 1.24. The van der Waals surface area contributed by atoms with Gasteiger partial charge in [-0.2, -0.15) is 0 Å². The van der Waals surface area contributed by atoms with Gasteiger partial charge in [0.15, 0.2) is 0 Å². The molecule has 2 aromatic rings. The molecule has 8 nitrogen and oxygen atoms in total. The molecule has 2 aliphatic heterocycles. The largest absolute Gasteiger partial charge is 0.390 e. The molecule has 4 rings (SSSR count). The number of amides is 1. The van der Waals surface area contributed by atoms with Crippen LogP contribution >= 0.6 is 11.3 Å². The number of ether oxygens (including phenoxy) is 1. The minimum absolute atomic E-state index is 0.190. The zero-order valence-corrected chi connectivity index (χ0v) is 15.8. The molecule has 0 spiro atoms. The van der Waals surface area contributed by atoms with Crippen molar-refractivity contribution in [2.75, 3.05) is 32.8 Å². The molecule has 1 fully saturated rings. The van der Waals surface area contributed by atoms with E-state index in [0.717, 1.165) is 50.5 Å². The predicted molar refractivity (Wildman–Crippen MR) is 99.5 cm³/mol. The maximum atomic E-state index is 12.3. The Morgan fingerprint density at radius 1 is 1.41 bits per heavy atom. The minimum atomic E-state index is -0.637. The van der Waals surface area contributed by atoms with Crippen molar-refractivity contribution in [3.8, 4) is 0 Å². The highest BCUT2D eigenvalue weighted by Gasteiger charge is 2.22. The highest BCUT2D eigenvalue weighted by Crippen LogP contribution is 2.21. The van der Waals surface area contributed by atoms with Gasteiger partial charge in [-0.05, 0) is 18.9 Å². The lowest BCUT2D eigenvalue weighted by Gasteiger charge is -2.28. The normalized spacial score (nSPS) is 18.6. The van der Waals surface area contributed by atoms with E-state index in [1.54, 1.807) is 17.4 Å². The van der Waals surface area contributed by atoms with Crippen LogP contribution < -0.4 is 5.32 Å². The van der Waals surface area contributed by atoms with E-state index in [1.165, 1.54) is 11.2 Å². The number of aliphatic hydroxyl groups excluding tert-OH is 1. The summed E-state index contributed by atoms with van der Waals surface area (Å²) < 4.78 is 5.17. The van der Waals surface area contributed by atoms with E-state index in [-0.39, 0.29) is 12.5 Å². The van der Waals surface area contributed by atoms with Crippen molar-refractivity contribution < 1.29 is 14.6 Å². The summed E-state index contributed by atoms with van der Waals surface area (Å²) in [7, 11) is 0. The van der Waals surface area contributed by atoms with E-state index >= 15 is 0 Å². The first kappa shape index (κ1) is 18.4. The fourth-order valence-corrected chi connectivity index (χ4v) is 4.10. The molecule has 2 aliphatic rings. The number of carbonyl (C=O) groups is 1. The first-order valence-electron chi connectivity index (χ1n) is 9.16. The summed E-state index contributed by atoms with van der Waals surface area (Å²) in [5, 5.41) is 13.1. The third-order valence-corrected chi connectivity index (χ3v) is 5.82. The average Bonchev–Trinajstić information content (AvgIpc) is 3.11. The van der Waals surface area contributed by atoms with Crippen LogP contribution in [0.25, 0.3) is 0 Å². The Morgan fingerprint density at radius 3 is 3.11 bits per heavy atom. The van der Waals surface area contributed by atoms with Crippen molar-refractivity contribution in [1.29, 1.82) is 0 Å². The fourth-order valence-electron chi connectivity index (χ4n) is 3.33. The number of hydrogen-bond acceptors (Lipinski definition) is 8. The van der Waals surface area contributed by atoms with E-state index in [1.807, 2.05) is 5.51 Å². The highest BCUT2D eigenvalue weighted by atomic mass is 32.1. The molecule has 144 valence electrons. The fraction of sp³-hybridized carbons (Fsp3) is 0.556. The molecule has 27 heavy (non-hydrogen) atoms. The Bertz CT molecular complexity index is 795. The van der Waals surface area contributed by atoms with Gasteiger partial charge in [-0.3, -0.25) is 9.69 Å². The summed E-state index contributed by atoms with van der Waals surface area (Å²) in [5.41, 5.74) is 4.15. The zero-order valence-electron chi connectivity index (χ0n) is 15.0. The van der Waals surface area contributed by atoms with Crippen LogP contribution in [0.15, 0.2) is 17.9 Å². The van der Waals surface area contributed by atoms with E-state index < -0.39 is 6.10 Å². The number of β-amino-alcohol motifs (C(OH)–C–C–N with tert-alkyl or cyclic N) is 1. The van der Waals surface area contributed by atoms with Crippen molar-refractivity contribution in [2.24, 2.45) is 5.92 Å². The Hall–Kier alpha value is -1.94. The van der Waals surface area contributed by atoms with Gasteiger partial charge in [0, 0.05) is 42.7 Å². The van der Waals surface area contributed by atoms with Crippen LogP contribution in [0.3, 0.4) is 0 Å². The van der Waals surface area contributed by atoms with Crippen molar-refractivity contribution in [1.82, 2.24) is 25.2 Å². The molecule has 1 saturated heterocycles. The van der Waals surface area contributed by atoms with Gasteiger partial charge < -0.3 is 15.2 Å². The van der Waals surface area contributed by atoms with Crippen LogP contribution in [0.2, 0.25) is 0 Å². The van der Waals surface area contributed by atoms with Crippen LogP contribution in [-0.2, 0) is 24.1 Å². The molecule has 1 atom stereocenters. The molecule has 2 aromatic heterocycles. The molecule has 0 radical (unpaired) electrons. The maximum absolute atomic E-state index is 12.3. The monoisotopic (exact) mass is 389 g/mol. The van der Waals surface area contributed by atoms with Crippen LogP contribution in [0.4, 0.5) is 0 Å². The minimum Gasteiger partial charge on any atom is -0.390 e. The van der Waals surface area contributed by atoms with Crippen molar-refractivity contribution >= 4 is 17.2 Å². The smallest absolute Gasteiger partial charge is 0.270 e. The number of aliphatic hydroxyl groups is 1. The van der Waals surface area contributed by atoms with Crippen LogP contribution in [0.5, 0.6) is 0 Å². The van der Waals surface area contributed by atoms with Crippen molar-refractivity contribution in [2.45, 2.75) is 25.5 Å². The Morgan fingerprint density at radius 2 is 2.30 bits per heavy atom. The second-order valence-corrected chi connectivity index (χ2v) is 8.01. The van der Waals surface area contributed by atoms with Gasteiger partial charge in [0.1, 0.15) is 12.0 Å². The number of aromatic nitrogens is 3. The number of hydrogen-bond donors (Lipinski definition) is 2. The molecule has 2 N–H and O–H groups in total. The summed E-state index contributed by atoms with van der Waals surface area (Å²) in [5.74, 6) is 0.184. The SMILES string of the molecule is O=C(NC[C@H](O)CN1CCc2scnc2C1)c1cc(CC2COC2)ncn1. The van der Waals surface area contributed by atoms with Gasteiger partial charge in [-0.1, -0.05) is 0 Å². The van der Waals surface area contributed by atoms with E-state index in [0.29, 0.717) is 18.2 Å². The molecule has 9 heteroatoms. The van der Waals surface area contributed by atoms with Crippen molar-refractivity contribution in [3.05, 3.63) is 39.9 Å². The molecule has 0 aromatic carbocycles. The lowest BCUT2D eigenvalue weighted by molar-refractivity contribution is -0.0316. The molecule has 1 amide bonds. The van der Waals surface area contributed by atoms with E-state index in [4.69, 9.17) is 4.74 Å². The number of rotatable bonds is 7. The summed E-state index contributed by atoms with van der Waals surface area (Å²) in [6, 6.07) is 1.72. The zero-order chi connectivity index (χ0) is 18.6. The molecule has 0 aliphatic carbocycles. The van der Waals surface area contributed by atoms with Crippen molar-refractivity contribution in [3.63, 3.8) is 0 Å². The lowest BCUT2D eigenvalue weighted by atomic mass is 10.0. The molecule has 0 saturated carbocycles. The standard InChI is InChI=1S/C18H23N5O3S/c24-14(6-23-2-1-17-16(7-23)22-11-27-17)5-19-18(25)15-4-13(20-10-21-15)3-12-8-26-9-12/h4,10-12,14,24H,1-3,5-9H2,(H,19,25)/t14-/m0/s1. The summed E-state index contributed by atoms with van der Waals surface area (Å²) in [4.78, 5) is 28.5. The second kappa shape index (κ2) is 8.39. The Kier molecular flexibility index (Phi) is 5.72. The topological polar surface area (TPSA) is 100 Å². The highest BCUT2D eigenvalue weighted by molar-refractivity contribution is 7.09. The van der Waals surface area contributed by atoms with Gasteiger partial charge in [0.05, 0.1) is 30.5 Å². The quantitative estimate of drug-likeness (QED) is 0.701. The summed E-state index contributed by atoms with van der Waals surface area (Å²) in [6.45, 7) is 3.85. The number of nitrogens with zero attached hydrogens (tertiary/aromatic N) is 4. The Labute approximate surface area is 161 Å². The molecular weight excluding hydrogens is 366 g/mol. The number of fused-ring (bicyclic) bond motifs is 1. The van der Waals surface area contributed by atoms with Crippen LogP contribution in [0, 0.1) is 5.92 Å². The van der Waals surface area contributed by atoms with Gasteiger partial charge in [-0.25, -0.2) is 15.0 Å². The second-order valence-electron chi connectivity index (χ2n) is 7.07. The van der Waals surface area contributed by atoms with E-state index in [2.05, 4.69) is 25.2 Å². The first-order chi connectivity index (χ1) is 13.2. The molecule has 4 heterocycles. The first-order valence-corrected chi connectivity index (χ1v) is 10.0. The number of thiazole rings is 1. The summed E-state index contributed by atoms with van der Waals surface area (Å²) >= 11 is 1.69. The number of carbonyl (C=O) groups excluding carboxylic acids is 1. The van der Waals surface area contributed by atoms with Crippen LogP contribution in [0.1, 0.15) is 26.8 Å². The molecule has 0 bridgehead atoms.